The number of hydrogen-bond donors (Lipinski definition) is 2. The Morgan fingerprint density at radius 1 is 1.06 bits per heavy atom. The molecule has 0 aromatic heterocycles. The van der Waals surface area contributed by atoms with E-state index in [1.165, 1.54) is 43.2 Å². The van der Waals surface area contributed by atoms with Gasteiger partial charge in [-0.25, -0.2) is 0 Å². The van der Waals surface area contributed by atoms with Gasteiger partial charge in [-0.3, -0.25) is 0 Å². The Balaban J connectivity index is 1.57. The second kappa shape index (κ2) is 5.02. The average molecular weight is 245 g/mol. The van der Waals surface area contributed by atoms with Gasteiger partial charge < -0.3 is 10.4 Å². The lowest BCUT2D eigenvalue weighted by Crippen LogP contribution is -2.45. The van der Waals surface area contributed by atoms with Crippen LogP contribution in [0.2, 0.25) is 0 Å². The van der Waals surface area contributed by atoms with Gasteiger partial charge in [0, 0.05) is 25.4 Å². The van der Waals surface area contributed by atoms with E-state index in [9.17, 15) is 5.11 Å². The average Bonchev–Trinajstić information content (AvgIpc) is 2.74. The molecule has 0 saturated heterocycles. The van der Waals surface area contributed by atoms with Crippen LogP contribution in [-0.4, -0.2) is 23.3 Å². The Morgan fingerprint density at radius 2 is 1.67 bits per heavy atom. The molecule has 1 aromatic carbocycles. The molecule has 2 aliphatic carbocycles. The van der Waals surface area contributed by atoms with E-state index in [1.807, 2.05) is 0 Å². The predicted molar refractivity (Wildman–Crippen MR) is 73.7 cm³/mol. The summed E-state index contributed by atoms with van der Waals surface area (Å²) in [5.41, 5.74) is 2.09. The number of benzene rings is 1. The first kappa shape index (κ1) is 12.2. The molecular weight excluding hydrogens is 222 g/mol. The van der Waals surface area contributed by atoms with Gasteiger partial charge >= 0.3 is 0 Å². The zero-order chi connectivity index (χ0) is 12.4. The van der Waals surface area contributed by atoms with Crippen molar-refractivity contribution < 1.29 is 5.11 Å². The van der Waals surface area contributed by atoms with E-state index in [0.29, 0.717) is 6.04 Å². The minimum Gasteiger partial charge on any atom is -0.388 e. The predicted octanol–water partition coefficient (Wildman–Crippen LogP) is 2.44. The molecule has 18 heavy (non-hydrogen) atoms. The molecular formula is C16H23NO. The van der Waals surface area contributed by atoms with Gasteiger partial charge in [0.1, 0.15) is 0 Å². The number of aliphatic hydroxyl groups is 1. The summed E-state index contributed by atoms with van der Waals surface area (Å²) in [4.78, 5) is 0. The Kier molecular flexibility index (Phi) is 3.40. The van der Waals surface area contributed by atoms with Crippen LogP contribution in [0.15, 0.2) is 24.3 Å². The third-order valence-corrected chi connectivity index (χ3v) is 4.48. The van der Waals surface area contributed by atoms with E-state index in [-0.39, 0.29) is 0 Å². The summed E-state index contributed by atoms with van der Waals surface area (Å²) >= 11 is 0. The zero-order valence-electron chi connectivity index (χ0n) is 11.0. The SMILES string of the molecule is OC1(CNC2CCCCC2)Cc2ccccc2C1. The molecule has 1 aromatic rings. The first-order valence-corrected chi connectivity index (χ1v) is 7.28. The van der Waals surface area contributed by atoms with E-state index >= 15 is 0 Å². The molecule has 0 radical (unpaired) electrons. The van der Waals surface area contributed by atoms with Gasteiger partial charge in [0.25, 0.3) is 0 Å². The summed E-state index contributed by atoms with van der Waals surface area (Å²) in [6.45, 7) is 0.742. The van der Waals surface area contributed by atoms with Crippen molar-refractivity contribution >= 4 is 0 Å². The second-order valence-electron chi connectivity index (χ2n) is 6.06. The fourth-order valence-electron chi connectivity index (χ4n) is 3.44. The lowest BCUT2D eigenvalue weighted by Gasteiger charge is -2.29. The second-order valence-corrected chi connectivity index (χ2v) is 6.06. The van der Waals surface area contributed by atoms with E-state index < -0.39 is 5.60 Å². The van der Waals surface area contributed by atoms with Crippen LogP contribution in [0, 0.1) is 0 Å². The fraction of sp³-hybridized carbons (Fsp3) is 0.625. The molecule has 0 heterocycles. The van der Waals surface area contributed by atoms with Crippen LogP contribution in [0.3, 0.4) is 0 Å². The van der Waals surface area contributed by atoms with Crippen LogP contribution >= 0.6 is 0 Å². The topological polar surface area (TPSA) is 32.3 Å². The van der Waals surface area contributed by atoms with E-state index in [4.69, 9.17) is 0 Å². The van der Waals surface area contributed by atoms with Gasteiger partial charge in [0.2, 0.25) is 0 Å². The van der Waals surface area contributed by atoms with Gasteiger partial charge in [0.15, 0.2) is 0 Å². The maximum atomic E-state index is 10.7. The minimum absolute atomic E-state index is 0.554. The highest BCUT2D eigenvalue weighted by atomic mass is 16.3. The first-order chi connectivity index (χ1) is 8.75. The largest absolute Gasteiger partial charge is 0.388 e. The van der Waals surface area contributed by atoms with E-state index in [1.54, 1.807) is 0 Å². The lowest BCUT2D eigenvalue weighted by atomic mass is 9.94. The van der Waals surface area contributed by atoms with Crippen molar-refractivity contribution in [2.75, 3.05) is 6.54 Å². The number of rotatable bonds is 3. The zero-order valence-corrected chi connectivity index (χ0v) is 11.0. The van der Waals surface area contributed by atoms with E-state index in [2.05, 4.69) is 29.6 Å². The number of hydrogen-bond acceptors (Lipinski definition) is 2. The summed E-state index contributed by atoms with van der Waals surface area (Å²) in [6, 6.07) is 9.06. The van der Waals surface area contributed by atoms with Crippen LogP contribution in [0.1, 0.15) is 43.2 Å². The van der Waals surface area contributed by atoms with Crippen LogP contribution < -0.4 is 5.32 Å². The van der Waals surface area contributed by atoms with Gasteiger partial charge in [-0.15, -0.1) is 0 Å². The van der Waals surface area contributed by atoms with Crippen LogP contribution in [0.4, 0.5) is 0 Å². The third kappa shape index (κ3) is 2.60. The quantitative estimate of drug-likeness (QED) is 0.857. The van der Waals surface area contributed by atoms with Crippen molar-refractivity contribution in [3.05, 3.63) is 35.4 Å². The van der Waals surface area contributed by atoms with Crippen molar-refractivity contribution in [1.82, 2.24) is 5.32 Å². The molecule has 0 bridgehead atoms. The smallest absolute Gasteiger partial charge is 0.0852 e. The number of fused-ring (bicyclic) bond motifs is 1. The summed E-state index contributed by atoms with van der Waals surface area (Å²) in [6.07, 6.45) is 8.25. The molecule has 0 unspecified atom stereocenters. The highest BCUT2D eigenvalue weighted by molar-refractivity contribution is 5.35. The van der Waals surface area contributed by atoms with Crippen molar-refractivity contribution in [2.45, 2.75) is 56.6 Å². The molecule has 1 fully saturated rings. The van der Waals surface area contributed by atoms with E-state index in [0.717, 1.165) is 19.4 Å². The third-order valence-electron chi connectivity index (χ3n) is 4.48. The molecule has 3 rings (SSSR count). The van der Waals surface area contributed by atoms with Crippen molar-refractivity contribution in [2.24, 2.45) is 0 Å². The van der Waals surface area contributed by atoms with Crippen molar-refractivity contribution in [3.63, 3.8) is 0 Å². The molecule has 0 spiro atoms. The van der Waals surface area contributed by atoms with Crippen LogP contribution in [0.5, 0.6) is 0 Å². The minimum atomic E-state index is -0.554. The Labute approximate surface area is 109 Å². The van der Waals surface area contributed by atoms with Crippen molar-refractivity contribution in [3.8, 4) is 0 Å². The first-order valence-electron chi connectivity index (χ1n) is 7.28. The van der Waals surface area contributed by atoms with Crippen molar-refractivity contribution in [1.29, 1.82) is 0 Å². The van der Waals surface area contributed by atoms with Crippen LogP contribution in [-0.2, 0) is 12.8 Å². The lowest BCUT2D eigenvalue weighted by molar-refractivity contribution is 0.0469. The Morgan fingerprint density at radius 3 is 2.28 bits per heavy atom. The number of nitrogens with one attached hydrogen (secondary N) is 1. The summed E-state index contributed by atoms with van der Waals surface area (Å²) in [7, 11) is 0. The van der Waals surface area contributed by atoms with Gasteiger partial charge in [0.05, 0.1) is 5.60 Å². The van der Waals surface area contributed by atoms with Gasteiger partial charge in [-0.2, -0.15) is 0 Å². The fourth-order valence-corrected chi connectivity index (χ4v) is 3.44. The summed E-state index contributed by atoms with van der Waals surface area (Å²) in [5, 5.41) is 14.3. The highest BCUT2D eigenvalue weighted by Crippen LogP contribution is 2.30. The molecule has 2 aliphatic rings. The maximum Gasteiger partial charge on any atom is 0.0852 e. The molecule has 0 amide bonds. The summed E-state index contributed by atoms with van der Waals surface area (Å²) < 4.78 is 0. The molecule has 2 nitrogen and oxygen atoms in total. The molecule has 98 valence electrons. The Hall–Kier alpha value is -0.860. The molecule has 2 heteroatoms. The normalized spacial score (nSPS) is 22.9. The molecule has 0 aliphatic heterocycles. The molecule has 0 atom stereocenters. The Bertz CT molecular complexity index is 384. The maximum absolute atomic E-state index is 10.7. The van der Waals surface area contributed by atoms with Gasteiger partial charge in [-0.05, 0) is 24.0 Å². The van der Waals surface area contributed by atoms with Crippen LogP contribution in [0.25, 0.3) is 0 Å². The standard InChI is InChI=1S/C16H23NO/c18-16(12-17-15-8-2-1-3-9-15)10-13-6-4-5-7-14(13)11-16/h4-7,15,17-18H,1-3,8-12H2. The highest BCUT2D eigenvalue weighted by Gasteiger charge is 2.35. The summed E-state index contributed by atoms with van der Waals surface area (Å²) in [5.74, 6) is 0. The van der Waals surface area contributed by atoms with Gasteiger partial charge in [-0.1, -0.05) is 43.5 Å². The molecule has 2 N–H and O–H groups in total. The monoisotopic (exact) mass is 245 g/mol. The molecule has 1 saturated carbocycles.